The summed E-state index contributed by atoms with van der Waals surface area (Å²) in [5.41, 5.74) is 3.56. The Morgan fingerprint density at radius 1 is 1.10 bits per heavy atom. The van der Waals surface area contributed by atoms with Gasteiger partial charge in [0, 0.05) is 5.56 Å². The fourth-order valence-corrected chi connectivity index (χ4v) is 2.38. The van der Waals surface area contributed by atoms with Gasteiger partial charge in [-0.1, -0.05) is 31.5 Å². The predicted octanol–water partition coefficient (Wildman–Crippen LogP) is 2.54. The zero-order valence-electron chi connectivity index (χ0n) is 13.0. The molecule has 1 N–H and O–H groups in total. The van der Waals surface area contributed by atoms with Gasteiger partial charge in [-0.15, -0.1) is 0 Å². The average Bonchev–Trinajstić information content (AvgIpc) is 2.33. The average molecular weight is 277 g/mol. The number of amides is 1. The van der Waals surface area contributed by atoms with E-state index < -0.39 is 12.0 Å². The van der Waals surface area contributed by atoms with E-state index in [9.17, 15) is 9.59 Å². The number of carbonyl (C=O) groups excluding carboxylic acids is 2. The summed E-state index contributed by atoms with van der Waals surface area (Å²) in [5, 5.41) is 2.77. The van der Waals surface area contributed by atoms with Crippen LogP contribution in [0.5, 0.6) is 0 Å². The number of nitrogens with one attached hydrogen (secondary N) is 1. The summed E-state index contributed by atoms with van der Waals surface area (Å²) in [4.78, 5) is 24.1. The zero-order valence-corrected chi connectivity index (χ0v) is 13.0. The molecule has 1 aromatic rings. The molecule has 0 saturated heterocycles. The fraction of sp³-hybridized carbons (Fsp3) is 0.500. The van der Waals surface area contributed by atoms with E-state index in [2.05, 4.69) is 5.32 Å². The largest absolute Gasteiger partial charge is 0.467 e. The highest BCUT2D eigenvalue weighted by atomic mass is 16.5. The topological polar surface area (TPSA) is 55.4 Å². The molecule has 0 fully saturated rings. The first kappa shape index (κ1) is 16.2. The number of ether oxygens (including phenoxy) is 1. The van der Waals surface area contributed by atoms with E-state index in [1.807, 2.05) is 46.8 Å². The van der Waals surface area contributed by atoms with Crippen molar-refractivity contribution in [1.82, 2.24) is 5.32 Å². The second-order valence-electron chi connectivity index (χ2n) is 5.49. The van der Waals surface area contributed by atoms with Crippen molar-refractivity contribution < 1.29 is 14.3 Å². The van der Waals surface area contributed by atoms with E-state index in [0.717, 1.165) is 16.7 Å². The molecule has 1 amide bonds. The van der Waals surface area contributed by atoms with E-state index >= 15 is 0 Å². The van der Waals surface area contributed by atoms with Crippen LogP contribution in [-0.2, 0) is 9.53 Å². The second kappa shape index (κ2) is 6.55. The molecule has 4 nitrogen and oxygen atoms in total. The Balaban J connectivity index is 3.04. The van der Waals surface area contributed by atoms with Crippen LogP contribution in [0.25, 0.3) is 0 Å². The molecule has 0 aliphatic carbocycles. The first-order valence-electron chi connectivity index (χ1n) is 6.74. The Morgan fingerprint density at radius 2 is 1.60 bits per heavy atom. The third kappa shape index (κ3) is 3.59. The van der Waals surface area contributed by atoms with E-state index in [1.54, 1.807) is 0 Å². The van der Waals surface area contributed by atoms with E-state index in [4.69, 9.17) is 4.74 Å². The van der Waals surface area contributed by atoms with Crippen molar-refractivity contribution in [1.29, 1.82) is 0 Å². The van der Waals surface area contributed by atoms with Gasteiger partial charge in [0.25, 0.3) is 5.91 Å². The lowest BCUT2D eigenvalue weighted by Gasteiger charge is -2.21. The van der Waals surface area contributed by atoms with E-state index in [-0.39, 0.29) is 11.8 Å². The molecule has 0 bridgehead atoms. The number of methoxy groups -OCH3 is 1. The van der Waals surface area contributed by atoms with Crippen molar-refractivity contribution in [3.05, 3.63) is 34.4 Å². The Hall–Kier alpha value is -1.84. The molecular weight excluding hydrogens is 254 g/mol. The molecule has 0 spiro atoms. The molecule has 1 aromatic carbocycles. The Labute approximate surface area is 120 Å². The highest BCUT2D eigenvalue weighted by Crippen LogP contribution is 2.17. The van der Waals surface area contributed by atoms with Crippen LogP contribution in [0.2, 0.25) is 0 Å². The number of aryl methyl sites for hydroxylation is 3. The molecular formula is C16H23NO3. The van der Waals surface area contributed by atoms with Crippen molar-refractivity contribution in [2.75, 3.05) is 7.11 Å². The first-order chi connectivity index (χ1) is 9.27. The summed E-state index contributed by atoms with van der Waals surface area (Å²) in [6.45, 7) is 9.54. The van der Waals surface area contributed by atoms with Gasteiger partial charge in [0.05, 0.1) is 7.11 Å². The molecule has 0 aliphatic heterocycles. The van der Waals surface area contributed by atoms with Crippen molar-refractivity contribution in [2.45, 2.75) is 40.7 Å². The van der Waals surface area contributed by atoms with Gasteiger partial charge in [0.15, 0.2) is 0 Å². The normalized spacial score (nSPS) is 12.2. The Bertz CT molecular complexity index is 497. The molecule has 110 valence electrons. The molecule has 1 unspecified atom stereocenters. The smallest absolute Gasteiger partial charge is 0.328 e. The highest BCUT2D eigenvalue weighted by molar-refractivity contribution is 5.99. The maximum atomic E-state index is 12.4. The zero-order chi connectivity index (χ0) is 15.4. The number of hydrogen-bond donors (Lipinski definition) is 1. The third-order valence-corrected chi connectivity index (χ3v) is 3.31. The van der Waals surface area contributed by atoms with Crippen LogP contribution < -0.4 is 5.32 Å². The SMILES string of the molecule is COC(=O)C(NC(=O)c1c(C)cc(C)cc1C)C(C)C. The number of esters is 1. The van der Waals surface area contributed by atoms with Gasteiger partial charge in [-0.05, 0) is 37.8 Å². The van der Waals surface area contributed by atoms with Crippen molar-refractivity contribution >= 4 is 11.9 Å². The van der Waals surface area contributed by atoms with Crippen molar-refractivity contribution in [3.8, 4) is 0 Å². The quantitative estimate of drug-likeness (QED) is 0.860. The fourth-order valence-electron chi connectivity index (χ4n) is 2.38. The van der Waals surface area contributed by atoms with Crippen LogP contribution in [0.3, 0.4) is 0 Å². The van der Waals surface area contributed by atoms with Crippen molar-refractivity contribution in [3.63, 3.8) is 0 Å². The highest BCUT2D eigenvalue weighted by Gasteiger charge is 2.26. The molecule has 4 heteroatoms. The van der Waals surface area contributed by atoms with Gasteiger partial charge in [0.1, 0.15) is 6.04 Å². The van der Waals surface area contributed by atoms with E-state index in [0.29, 0.717) is 5.56 Å². The first-order valence-corrected chi connectivity index (χ1v) is 6.74. The molecule has 20 heavy (non-hydrogen) atoms. The maximum Gasteiger partial charge on any atom is 0.328 e. The third-order valence-electron chi connectivity index (χ3n) is 3.31. The minimum Gasteiger partial charge on any atom is -0.467 e. The van der Waals surface area contributed by atoms with Crippen LogP contribution in [0.15, 0.2) is 12.1 Å². The molecule has 1 atom stereocenters. The van der Waals surface area contributed by atoms with Gasteiger partial charge >= 0.3 is 5.97 Å². The van der Waals surface area contributed by atoms with Crippen LogP contribution in [0.1, 0.15) is 40.9 Å². The van der Waals surface area contributed by atoms with Gasteiger partial charge in [-0.2, -0.15) is 0 Å². The monoisotopic (exact) mass is 277 g/mol. The predicted molar refractivity (Wildman–Crippen MR) is 78.8 cm³/mol. The van der Waals surface area contributed by atoms with Crippen LogP contribution in [-0.4, -0.2) is 25.0 Å². The Kier molecular flexibility index (Phi) is 5.31. The van der Waals surface area contributed by atoms with Gasteiger partial charge in [-0.3, -0.25) is 4.79 Å². The lowest BCUT2D eigenvalue weighted by atomic mass is 9.98. The summed E-state index contributed by atoms with van der Waals surface area (Å²) in [6, 6.07) is 3.29. The van der Waals surface area contributed by atoms with E-state index in [1.165, 1.54) is 7.11 Å². The lowest BCUT2D eigenvalue weighted by molar-refractivity contribution is -0.144. The summed E-state index contributed by atoms with van der Waals surface area (Å²) >= 11 is 0. The Morgan fingerprint density at radius 3 is 2.00 bits per heavy atom. The molecule has 0 radical (unpaired) electrons. The van der Waals surface area contributed by atoms with Gasteiger partial charge in [0.2, 0.25) is 0 Å². The van der Waals surface area contributed by atoms with Crippen molar-refractivity contribution in [2.24, 2.45) is 5.92 Å². The standard InChI is InChI=1S/C16H23NO3/c1-9(2)14(16(19)20-6)17-15(18)13-11(4)7-10(3)8-12(13)5/h7-9,14H,1-6H3,(H,17,18). The summed E-state index contributed by atoms with van der Waals surface area (Å²) in [6.07, 6.45) is 0. The number of hydrogen-bond acceptors (Lipinski definition) is 3. The molecule has 0 aliphatic rings. The van der Waals surface area contributed by atoms with Crippen LogP contribution >= 0.6 is 0 Å². The number of rotatable bonds is 4. The summed E-state index contributed by atoms with van der Waals surface area (Å²) in [5.74, 6) is -0.683. The molecule has 0 aromatic heterocycles. The lowest BCUT2D eigenvalue weighted by Crippen LogP contribution is -2.45. The maximum absolute atomic E-state index is 12.4. The van der Waals surface area contributed by atoms with Gasteiger partial charge < -0.3 is 10.1 Å². The minimum absolute atomic E-state index is 0.0301. The molecule has 1 rings (SSSR count). The number of carbonyl (C=O) groups is 2. The summed E-state index contributed by atoms with van der Waals surface area (Å²) < 4.78 is 4.74. The minimum atomic E-state index is -0.632. The molecule has 0 saturated carbocycles. The van der Waals surface area contributed by atoms with Crippen LogP contribution in [0, 0.1) is 26.7 Å². The van der Waals surface area contributed by atoms with Crippen LogP contribution in [0.4, 0.5) is 0 Å². The van der Waals surface area contributed by atoms with Gasteiger partial charge in [-0.25, -0.2) is 4.79 Å². The molecule has 0 heterocycles. The number of benzene rings is 1. The summed E-state index contributed by atoms with van der Waals surface area (Å²) in [7, 11) is 1.33. The second-order valence-corrected chi connectivity index (χ2v) is 5.49.